The lowest BCUT2D eigenvalue weighted by Crippen LogP contribution is -2.40. The van der Waals surface area contributed by atoms with E-state index in [4.69, 9.17) is 0 Å². The molecule has 0 aromatic heterocycles. The maximum Gasteiger partial charge on any atom is 0.267 e. The van der Waals surface area contributed by atoms with E-state index in [2.05, 4.69) is 15.8 Å². The van der Waals surface area contributed by atoms with Crippen molar-refractivity contribution in [1.82, 2.24) is 15.6 Å². The quantitative estimate of drug-likeness (QED) is 0.745. The van der Waals surface area contributed by atoms with Crippen LogP contribution in [0.4, 0.5) is 0 Å². The van der Waals surface area contributed by atoms with Crippen LogP contribution in [-0.4, -0.2) is 48.0 Å². The van der Waals surface area contributed by atoms with E-state index in [1.54, 1.807) is 0 Å². The molecule has 2 aliphatic rings. The van der Waals surface area contributed by atoms with Gasteiger partial charge in [0.1, 0.15) is 5.71 Å². The molecule has 0 radical (unpaired) electrons. The second kappa shape index (κ2) is 7.02. The number of nitrogens with zero attached hydrogens (tertiary/aromatic N) is 2. The summed E-state index contributed by atoms with van der Waals surface area (Å²) in [7, 11) is 0. The zero-order valence-corrected chi connectivity index (χ0v) is 11.5. The predicted molar refractivity (Wildman–Crippen MR) is 72.9 cm³/mol. The third-order valence-corrected chi connectivity index (χ3v) is 3.50. The monoisotopic (exact) mass is 280 g/mol. The third-order valence-electron chi connectivity index (χ3n) is 3.50. The van der Waals surface area contributed by atoms with Crippen LogP contribution >= 0.6 is 0 Å². The smallest absolute Gasteiger partial charge is 0.267 e. The van der Waals surface area contributed by atoms with Gasteiger partial charge in [0, 0.05) is 38.9 Å². The van der Waals surface area contributed by atoms with Gasteiger partial charge in [-0.1, -0.05) is 0 Å². The van der Waals surface area contributed by atoms with Crippen LogP contribution in [0.1, 0.15) is 38.5 Å². The molecule has 0 aliphatic carbocycles. The Morgan fingerprint density at radius 1 is 1.20 bits per heavy atom. The van der Waals surface area contributed by atoms with E-state index in [9.17, 15) is 14.4 Å². The Kier molecular flexibility index (Phi) is 5.09. The summed E-state index contributed by atoms with van der Waals surface area (Å²) in [6.07, 6.45) is 4.25. The van der Waals surface area contributed by atoms with Gasteiger partial charge in [-0.05, 0) is 19.3 Å². The highest BCUT2D eigenvalue weighted by molar-refractivity contribution is 6.39. The Balaban J connectivity index is 1.68. The molecular weight excluding hydrogens is 260 g/mol. The summed E-state index contributed by atoms with van der Waals surface area (Å²) in [5, 5.41) is 6.38. The van der Waals surface area contributed by atoms with E-state index in [1.165, 1.54) is 6.42 Å². The highest BCUT2D eigenvalue weighted by Crippen LogP contribution is 2.09. The molecule has 7 heteroatoms. The number of hydrazone groups is 1. The molecule has 20 heavy (non-hydrogen) atoms. The van der Waals surface area contributed by atoms with Crippen molar-refractivity contribution in [1.29, 1.82) is 0 Å². The minimum absolute atomic E-state index is 0.0869. The maximum atomic E-state index is 11.9. The molecule has 0 atom stereocenters. The van der Waals surface area contributed by atoms with Gasteiger partial charge in [-0.25, -0.2) is 5.43 Å². The first-order valence-electron chi connectivity index (χ1n) is 7.08. The molecule has 110 valence electrons. The first-order chi connectivity index (χ1) is 9.66. The largest absolute Gasteiger partial charge is 0.350 e. The summed E-state index contributed by atoms with van der Waals surface area (Å²) in [6.45, 7) is 1.96. The lowest BCUT2D eigenvalue weighted by atomic mass is 10.1. The summed E-state index contributed by atoms with van der Waals surface area (Å²) in [4.78, 5) is 36.4. The Hall–Kier alpha value is -1.92. The van der Waals surface area contributed by atoms with Crippen molar-refractivity contribution in [2.24, 2.45) is 5.10 Å². The predicted octanol–water partition coefficient (Wildman–Crippen LogP) is -0.229. The average Bonchev–Trinajstić information content (AvgIpc) is 2.48. The van der Waals surface area contributed by atoms with Gasteiger partial charge >= 0.3 is 0 Å². The molecule has 0 aromatic carbocycles. The van der Waals surface area contributed by atoms with Crippen molar-refractivity contribution in [3.63, 3.8) is 0 Å². The number of nitrogens with one attached hydrogen (secondary N) is 2. The van der Waals surface area contributed by atoms with Gasteiger partial charge < -0.3 is 10.2 Å². The van der Waals surface area contributed by atoms with Crippen molar-refractivity contribution in [2.75, 3.05) is 19.6 Å². The van der Waals surface area contributed by atoms with E-state index >= 15 is 0 Å². The van der Waals surface area contributed by atoms with E-state index in [0.717, 1.165) is 25.9 Å². The normalized spacial score (nSPS) is 19.1. The number of amides is 3. The minimum Gasteiger partial charge on any atom is -0.350 e. The maximum absolute atomic E-state index is 11.9. The SMILES string of the molecule is O=C1CCC(C(=O)NCCC(=O)N2CCCCC2)=NN1. The van der Waals surface area contributed by atoms with Crippen LogP contribution in [0.5, 0.6) is 0 Å². The van der Waals surface area contributed by atoms with E-state index < -0.39 is 0 Å². The Bertz CT molecular complexity index is 427. The second-order valence-corrected chi connectivity index (χ2v) is 5.04. The average molecular weight is 280 g/mol. The molecular formula is C13H20N4O3. The van der Waals surface area contributed by atoms with Gasteiger partial charge in [-0.2, -0.15) is 5.10 Å². The van der Waals surface area contributed by atoms with Crippen LogP contribution in [0.2, 0.25) is 0 Å². The molecule has 1 fully saturated rings. The number of rotatable bonds is 4. The fourth-order valence-electron chi connectivity index (χ4n) is 2.32. The van der Waals surface area contributed by atoms with Crippen LogP contribution in [0, 0.1) is 0 Å². The summed E-state index contributed by atoms with van der Waals surface area (Å²) >= 11 is 0. The van der Waals surface area contributed by atoms with Gasteiger partial charge in [-0.15, -0.1) is 0 Å². The highest BCUT2D eigenvalue weighted by Gasteiger charge is 2.19. The van der Waals surface area contributed by atoms with Gasteiger partial charge in [0.25, 0.3) is 5.91 Å². The lowest BCUT2D eigenvalue weighted by Gasteiger charge is -2.26. The summed E-state index contributed by atoms with van der Waals surface area (Å²) in [5.41, 5.74) is 2.59. The summed E-state index contributed by atoms with van der Waals surface area (Å²) < 4.78 is 0. The van der Waals surface area contributed by atoms with Crippen LogP contribution in [-0.2, 0) is 14.4 Å². The molecule has 0 spiro atoms. The number of carbonyl (C=O) groups excluding carboxylic acids is 3. The van der Waals surface area contributed by atoms with E-state index in [1.807, 2.05) is 4.90 Å². The first kappa shape index (κ1) is 14.5. The van der Waals surface area contributed by atoms with Gasteiger partial charge in [0.2, 0.25) is 11.8 Å². The molecule has 2 N–H and O–H groups in total. The Labute approximate surface area is 117 Å². The molecule has 0 unspecified atom stereocenters. The minimum atomic E-state index is -0.309. The van der Waals surface area contributed by atoms with Crippen molar-refractivity contribution in [3.05, 3.63) is 0 Å². The van der Waals surface area contributed by atoms with Crippen molar-refractivity contribution in [3.8, 4) is 0 Å². The zero-order valence-electron chi connectivity index (χ0n) is 11.5. The number of hydrogen-bond donors (Lipinski definition) is 2. The number of likely N-dealkylation sites (tertiary alicyclic amines) is 1. The fraction of sp³-hybridized carbons (Fsp3) is 0.692. The van der Waals surface area contributed by atoms with Crippen molar-refractivity contribution in [2.45, 2.75) is 38.5 Å². The Morgan fingerprint density at radius 3 is 2.60 bits per heavy atom. The number of carbonyl (C=O) groups is 3. The third kappa shape index (κ3) is 4.04. The van der Waals surface area contributed by atoms with Gasteiger partial charge in [-0.3, -0.25) is 14.4 Å². The molecule has 0 saturated carbocycles. The van der Waals surface area contributed by atoms with E-state index in [0.29, 0.717) is 25.1 Å². The van der Waals surface area contributed by atoms with Gasteiger partial charge in [0.05, 0.1) is 0 Å². The van der Waals surface area contributed by atoms with Crippen LogP contribution < -0.4 is 10.7 Å². The standard InChI is InChI=1S/C13H20N4O3/c18-11-5-4-10(15-16-11)13(20)14-7-6-12(19)17-8-2-1-3-9-17/h1-9H2,(H,14,20)(H,16,18). The molecule has 2 heterocycles. The number of piperidine rings is 1. The molecule has 0 aromatic rings. The number of hydrogen-bond acceptors (Lipinski definition) is 4. The molecule has 0 bridgehead atoms. The van der Waals surface area contributed by atoms with Crippen LogP contribution in [0.25, 0.3) is 0 Å². The fourth-order valence-corrected chi connectivity index (χ4v) is 2.32. The molecule has 2 aliphatic heterocycles. The zero-order chi connectivity index (χ0) is 14.4. The molecule has 3 amide bonds. The van der Waals surface area contributed by atoms with Crippen LogP contribution in [0.3, 0.4) is 0 Å². The molecule has 2 rings (SSSR count). The first-order valence-corrected chi connectivity index (χ1v) is 7.08. The van der Waals surface area contributed by atoms with Crippen molar-refractivity contribution < 1.29 is 14.4 Å². The Morgan fingerprint density at radius 2 is 1.95 bits per heavy atom. The van der Waals surface area contributed by atoms with Crippen molar-refractivity contribution >= 4 is 23.4 Å². The molecule has 7 nitrogen and oxygen atoms in total. The topological polar surface area (TPSA) is 90.9 Å². The summed E-state index contributed by atoms with van der Waals surface area (Å²) in [5.74, 6) is -0.401. The summed E-state index contributed by atoms with van der Waals surface area (Å²) in [6, 6.07) is 0. The highest BCUT2D eigenvalue weighted by atomic mass is 16.2. The lowest BCUT2D eigenvalue weighted by molar-refractivity contribution is -0.132. The van der Waals surface area contributed by atoms with Crippen LogP contribution in [0.15, 0.2) is 5.10 Å². The van der Waals surface area contributed by atoms with Gasteiger partial charge in [0.15, 0.2) is 0 Å². The van der Waals surface area contributed by atoms with E-state index in [-0.39, 0.29) is 24.1 Å². The molecule has 1 saturated heterocycles. The second-order valence-electron chi connectivity index (χ2n) is 5.04.